The second-order valence-electron chi connectivity index (χ2n) is 2.22. The highest BCUT2D eigenvalue weighted by atomic mass is 32.2. The van der Waals surface area contributed by atoms with Crippen LogP contribution >= 0.6 is 24.4 Å². The zero-order chi connectivity index (χ0) is 9.56. The van der Waals surface area contributed by atoms with Gasteiger partial charge in [-0.1, -0.05) is 0 Å². The van der Waals surface area contributed by atoms with Crippen LogP contribution in [-0.2, 0) is 14.3 Å². The van der Waals surface area contributed by atoms with Crippen LogP contribution in [-0.4, -0.2) is 29.2 Å². The van der Waals surface area contributed by atoms with Gasteiger partial charge in [0, 0.05) is 13.3 Å². The molecule has 0 fully saturated rings. The predicted molar refractivity (Wildman–Crippen MR) is 52.5 cm³/mol. The van der Waals surface area contributed by atoms with Crippen molar-refractivity contribution in [3.05, 3.63) is 0 Å². The quantitative estimate of drug-likeness (QED) is 0.543. The van der Waals surface area contributed by atoms with Gasteiger partial charge < -0.3 is 4.74 Å². The second kappa shape index (κ2) is 6.37. The van der Waals surface area contributed by atoms with Crippen molar-refractivity contribution in [1.29, 1.82) is 0 Å². The molecule has 1 unspecified atom stereocenters. The first kappa shape index (κ1) is 11.8. The summed E-state index contributed by atoms with van der Waals surface area (Å²) in [5.74, 6) is 0.341. The van der Waals surface area contributed by atoms with Gasteiger partial charge in [0.2, 0.25) is 5.12 Å². The van der Waals surface area contributed by atoms with E-state index < -0.39 is 12.1 Å². The molecule has 0 N–H and O–H groups in total. The van der Waals surface area contributed by atoms with Crippen LogP contribution < -0.4 is 0 Å². The average molecular weight is 208 g/mol. The van der Waals surface area contributed by atoms with Gasteiger partial charge in [-0.3, -0.25) is 9.59 Å². The van der Waals surface area contributed by atoms with Crippen LogP contribution in [0.5, 0.6) is 0 Å². The molecule has 0 saturated heterocycles. The van der Waals surface area contributed by atoms with E-state index in [9.17, 15) is 9.59 Å². The Bertz CT molecular complexity index is 170. The molecule has 1 atom stereocenters. The first-order valence-electron chi connectivity index (χ1n) is 3.47. The van der Waals surface area contributed by atoms with Gasteiger partial charge in [0.25, 0.3) is 0 Å². The Morgan fingerprint density at radius 2 is 2.17 bits per heavy atom. The van der Waals surface area contributed by atoms with Crippen LogP contribution in [0.15, 0.2) is 0 Å². The van der Waals surface area contributed by atoms with Crippen molar-refractivity contribution in [3.8, 4) is 0 Å². The Balaban J connectivity index is 3.87. The molecule has 0 aliphatic rings. The number of esters is 1. The zero-order valence-electron chi connectivity index (χ0n) is 7.07. The van der Waals surface area contributed by atoms with E-state index in [4.69, 9.17) is 4.74 Å². The number of hydrogen-bond acceptors (Lipinski definition) is 4. The lowest BCUT2D eigenvalue weighted by Gasteiger charge is -2.11. The summed E-state index contributed by atoms with van der Waals surface area (Å²) < 4.78 is 4.74. The summed E-state index contributed by atoms with van der Waals surface area (Å²) in [6, 6.07) is 0. The lowest BCUT2D eigenvalue weighted by atomic mass is 10.3. The molecule has 0 radical (unpaired) electrons. The van der Waals surface area contributed by atoms with E-state index in [0.29, 0.717) is 6.42 Å². The summed E-state index contributed by atoms with van der Waals surface area (Å²) >= 11 is 5.21. The summed E-state index contributed by atoms with van der Waals surface area (Å²) in [6.07, 6.45) is 1.77. The smallest absolute Gasteiger partial charge is 0.303 e. The van der Waals surface area contributed by atoms with Gasteiger partial charge in [0.15, 0.2) is 6.10 Å². The highest BCUT2D eigenvalue weighted by molar-refractivity contribution is 7.98. The number of ether oxygens (including phenoxy) is 1. The molecule has 0 heterocycles. The molecular formula is C7H12O3S2. The van der Waals surface area contributed by atoms with Crippen molar-refractivity contribution in [2.24, 2.45) is 0 Å². The molecule has 0 bridgehead atoms. The number of carbonyl (C=O) groups is 2. The maximum atomic E-state index is 10.8. The highest BCUT2D eigenvalue weighted by Crippen LogP contribution is 2.07. The second-order valence-corrected chi connectivity index (χ2v) is 3.64. The molecule has 0 aliphatic heterocycles. The molecule has 3 nitrogen and oxygen atoms in total. The van der Waals surface area contributed by atoms with E-state index >= 15 is 0 Å². The summed E-state index contributed by atoms with van der Waals surface area (Å²) in [7, 11) is 0. The molecule has 5 heteroatoms. The molecule has 12 heavy (non-hydrogen) atoms. The fourth-order valence-corrected chi connectivity index (χ4v) is 1.29. The molecule has 0 aliphatic carbocycles. The number of carbonyl (C=O) groups excluding carboxylic acids is 2. The van der Waals surface area contributed by atoms with Gasteiger partial charge in [0.05, 0.1) is 0 Å². The van der Waals surface area contributed by atoms with Crippen LogP contribution in [0.4, 0.5) is 0 Å². The maximum absolute atomic E-state index is 10.8. The molecule has 70 valence electrons. The Morgan fingerprint density at radius 3 is 2.50 bits per heavy atom. The first-order valence-corrected chi connectivity index (χ1v) is 5.31. The Morgan fingerprint density at radius 1 is 1.58 bits per heavy atom. The zero-order valence-corrected chi connectivity index (χ0v) is 8.78. The minimum absolute atomic E-state index is 0.390. The Hall–Kier alpha value is -0.160. The predicted octanol–water partition coefficient (Wildman–Crippen LogP) is 1.13. The maximum Gasteiger partial charge on any atom is 0.303 e. The van der Waals surface area contributed by atoms with Crippen LogP contribution in [0.25, 0.3) is 0 Å². The van der Waals surface area contributed by atoms with E-state index in [2.05, 4.69) is 12.6 Å². The van der Waals surface area contributed by atoms with Crippen molar-refractivity contribution in [1.82, 2.24) is 0 Å². The molecule has 0 saturated carbocycles. The van der Waals surface area contributed by atoms with Gasteiger partial charge in [-0.05, 0) is 12.0 Å². The topological polar surface area (TPSA) is 43.4 Å². The van der Waals surface area contributed by atoms with Gasteiger partial charge >= 0.3 is 5.97 Å². The molecule has 0 aromatic carbocycles. The first-order chi connectivity index (χ1) is 5.57. The lowest BCUT2D eigenvalue weighted by Crippen LogP contribution is -2.23. The van der Waals surface area contributed by atoms with Crippen LogP contribution in [0.1, 0.15) is 13.3 Å². The Kier molecular flexibility index (Phi) is 6.28. The summed E-state index contributed by atoms with van der Waals surface area (Å²) in [6.45, 7) is 1.28. The molecular weight excluding hydrogens is 196 g/mol. The van der Waals surface area contributed by atoms with Crippen molar-refractivity contribution in [3.63, 3.8) is 0 Å². The largest absolute Gasteiger partial charge is 0.454 e. The third kappa shape index (κ3) is 5.49. The van der Waals surface area contributed by atoms with Crippen LogP contribution in [0, 0.1) is 0 Å². The van der Waals surface area contributed by atoms with E-state index in [-0.39, 0.29) is 5.12 Å². The highest BCUT2D eigenvalue weighted by Gasteiger charge is 2.17. The number of thioether (sulfide) groups is 1. The van der Waals surface area contributed by atoms with Crippen molar-refractivity contribution >= 4 is 35.5 Å². The molecule has 0 aromatic rings. The fraction of sp³-hybridized carbons (Fsp3) is 0.714. The molecule has 0 aromatic heterocycles. The number of hydrogen-bond donors (Lipinski definition) is 1. The van der Waals surface area contributed by atoms with Crippen LogP contribution in [0.2, 0.25) is 0 Å². The van der Waals surface area contributed by atoms with Gasteiger partial charge in [-0.15, -0.1) is 12.6 Å². The fourth-order valence-electron chi connectivity index (χ4n) is 0.658. The molecule has 0 amide bonds. The third-order valence-corrected chi connectivity index (χ3v) is 2.10. The normalized spacial score (nSPS) is 12.2. The van der Waals surface area contributed by atoms with E-state index in [1.165, 1.54) is 6.92 Å². The standard InChI is InChI=1S/C7H12O3S2/c1-5(8)10-6(7(9)11)3-4-12-2/h6H,3-4H2,1-2H3,(H,9,11). The average Bonchev–Trinajstić information content (AvgIpc) is 1.96. The van der Waals surface area contributed by atoms with Crippen molar-refractivity contribution in [2.75, 3.05) is 12.0 Å². The minimum atomic E-state index is -0.682. The SMILES string of the molecule is CSCCC(OC(C)=O)C(=O)S. The Labute approximate surface area is 81.6 Å². The minimum Gasteiger partial charge on any atom is -0.454 e. The van der Waals surface area contributed by atoms with Crippen molar-refractivity contribution < 1.29 is 14.3 Å². The van der Waals surface area contributed by atoms with E-state index in [1.54, 1.807) is 11.8 Å². The molecule has 0 rings (SSSR count). The molecule has 0 spiro atoms. The van der Waals surface area contributed by atoms with E-state index in [0.717, 1.165) is 5.75 Å². The number of rotatable bonds is 5. The van der Waals surface area contributed by atoms with E-state index in [1.807, 2.05) is 6.26 Å². The van der Waals surface area contributed by atoms with Crippen LogP contribution in [0.3, 0.4) is 0 Å². The summed E-state index contributed by atoms with van der Waals surface area (Å²) in [5, 5.41) is -0.390. The van der Waals surface area contributed by atoms with Gasteiger partial charge in [0.1, 0.15) is 0 Å². The summed E-state index contributed by atoms with van der Waals surface area (Å²) in [4.78, 5) is 21.3. The number of thiol groups is 1. The summed E-state index contributed by atoms with van der Waals surface area (Å²) in [5.41, 5.74) is 0. The lowest BCUT2D eigenvalue weighted by molar-refractivity contribution is -0.150. The third-order valence-electron chi connectivity index (χ3n) is 1.17. The van der Waals surface area contributed by atoms with Gasteiger partial charge in [-0.25, -0.2) is 0 Å². The monoisotopic (exact) mass is 208 g/mol. The van der Waals surface area contributed by atoms with Crippen molar-refractivity contribution in [2.45, 2.75) is 19.4 Å². The van der Waals surface area contributed by atoms with Gasteiger partial charge in [-0.2, -0.15) is 11.8 Å².